The van der Waals surface area contributed by atoms with Crippen LogP contribution in [0.15, 0.2) is 0 Å². The molecule has 0 aromatic heterocycles. The first kappa shape index (κ1) is 17.9. The van der Waals surface area contributed by atoms with Crippen LogP contribution in [0.3, 0.4) is 0 Å². The van der Waals surface area contributed by atoms with E-state index in [1.54, 1.807) is 0 Å². The third-order valence-electron chi connectivity index (χ3n) is 4.99. The van der Waals surface area contributed by atoms with Gasteiger partial charge < -0.3 is 15.0 Å². The molecule has 0 saturated heterocycles. The summed E-state index contributed by atoms with van der Waals surface area (Å²) < 4.78 is 5.26. The highest BCUT2D eigenvalue weighted by Gasteiger charge is 2.40. The summed E-state index contributed by atoms with van der Waals surface area (Å²) in [6, 6.07) is 0.602. The fourth-order valence-electron chi connectivity index (χ4n) is 3.76. The van der Waals surface area contributed by atoms with Crippen molar-refractivity contribution < 1.29 is 4.74 Å². The van der Waals surface area contributed by atoms with Gasteiger partial charge >= 0.3 is 0 Å². The first-order valence-corrected chi connectivity index (χ1v) is 8.57. The van der Waals surface area contributed by atoms with E-state index in [-0.39, 0.29) is 0 Å². The molecular formula is C17H36N2O. The van der Waals surface area contributed by atoms with Crippen molar-refractivity contribution in [3.63, 3.8) is 0 Å². The second kappa shape index (κ2) is 9.75. The van der Waals surface area contributed by atoms with Crippen LogP contribution >= 0.6 is 0 Å². The maximum Gasteiger partial charge on any atom is 0.0462 e. The van der Waals surface area contributed by atoms with Crippen LogP contribution in [0.4, 0.5) is 0 Å². The quantitative estimate of drug-likeness (QED) is 0.518. The van der Waals surface area contributed by atoms with E-state index in [1.165, 1.54) is 51.4 Å². The standard InChI is InChI=1S/C17H36N2O/c1-5-14-18-16(11-10-15-20-4)17(19(2)3)12-8-6-7-9-13-17/h16,18H,5-15H2,1-4H3. The number of ether oxygens (including phenoxy) is 1. The molecule has 0 aliphatic heterocycles. The first-order valence-electron chi connectivity index (χ1n) is 8.57. The summed E-state index contributed by atoms with van der Waals surface area (Å²) in [6.45, 7) is 4.27. The minimum absolute atomic E-state index is 0.347. The molecule has 3 nitrogen and oxygen atoms in total. The predicted octanol–water partition coefficient (Wildman–Crippen LogP) is 3.44. The summed E-state index contributed by atoms with van der Waals surface area (Å²) in [6.07, 6.45) is 11.9. The number of likely N-dealkylation sites (N-methyl/N-ethyl adjacent to an activating group) is 1. The zero-order valence-corrected chi connectivity index (χ0v) is 14.2. The topological polar surface area (TPSA) is 24.5 Å². The van der Waals surface area contributed by atoms with E-state index in [1.807, 2.05) is 7.11 Å². The van der Waals surface area contributed by atoms with Gasteiger partial charge in [-0.2, -0.15) is 0 Å². The number of methoxy groups -OCH3 is 1. The summed E-state index contributed by atoms with van der Waals surface area (Å²) in [5.41, 5.74) is 0.347. The van der Waals surface area contributed by atoms with Crippen molar-refractivity contribution in [1.82, 2.24) is 10.2 Å². The van der Waals surface area contributed by atoms with Crippen LogP contribution in [0.1, 0.15) is 64.7 Å². The Morgan fingerprint density at radius 2 is 1.80 bits per heavy atom. The molecule has 120 valence electrons. The maximum absolute atomic E-state index is 5.26. The molecule has 0 aromatic carbocycles. The third kappa shape index (κ3) is 5.01. The van der Waals surface area contributed by atoms with Gasteiger partial charge in [0.1, 0.15) is 0 Å². The van der Waals surface area contributed by atoms with E-state index >= 15 is 0 Å². The third-order valence-corrected chi connectivity index (χ3v) is 4.99. The van der Waals surface area contributed by atoms with Crippen LogP contribution in [0.25, 0.3) is 0 Å². The fraction of sp³-hybridized carbons (Fsp3) is 1.00. The van der Waals surface area contributed by atoms with Gasteiger partial charge in [0.25, 0.3) is 0 Å². The highest BCUT2D eigenvalue weighted by molar-refractivity contribution is 4.99. The molecule has 3 heteroatoms. The Balaban J connectivity index is 2.77. The van der Waals surface area contributed by atoms with Gasteiger partial charge in [-0.25, -0.2) is 0 Å². The Hall–Kier alpha value is -0.120. The summed E-state index contributed by atoms with van der Waals surface area (Å²) in [7, 11) is 6.37. The van der Waals surface area contributed by atoms with E-state index in [0.717, 1.165) is 19.6 Å². The molecule has 1 N–H and O–H groups in total. The largest absolute Gasteiger partial charge is 0.385 e. The molecule has 1 saturated carbocycles. The molecule has 1 aliphatic carbocycles. The van der Waals surface area contributed by atoms with Gasteiger partial charge in [-0.1, -0.05) is 32.6 Å². The molecule has 0 bridgehead atoms. The lowest BCUT2D eigenvalue weighted by atomic mass is 9.79. The summed E-state index contributed by atoms with van der Waals surface area (Å²) in [4.78, 5) is 2.51. The lowest BCUT2D eigenvalue weighted by Crippen LogP contribution is -2.59. The fourth-order valence-corrected chi connectivity index (χ4v) is 3.76. The Morgan fingerprint density at radius 1 is 1.15 bits per heavy atom. The van der Waals surface area contributed by atoms with Crippen LogP contribution in [0, 0.1) is 0 Å². The van der Waals surface area contributed by atoms with Gasteiger partial charge in [-0.15, -0.1) is 0 Å². The van der Waals surface area contributed by atoms with Crippen LogP contribution < -0.4 is 5.32 Å². The number of hydrogen-bond acceptors (Lipinski definition) is 3. The highest BCUT2D eigenvalue weighted by Crippen LogP contribution is 2.35. The van der Waals surface area contributed by atoms with Crippen molar-refractivity contribution in [1.29, 1.82) is 0 Å². The second-order valence-electron chi connectivity index (χ2n) is 6.55. The average molecular weight is 284 g/mol. The number of nitrogens with one attached hydrogen (secondary N) is 1. The highest BCUT2D eigenvalue weighted by atomic mass is 16.5. The molecule has 1 unspecified atom stereocenters. The van der Waals surface area contributed by atoms with Crippen molar-refractivity contribution in [2.75, 3.05) is 34.4 Å². The molecule has 0 amide bonds. The van der Waals surface area contributed by atoms with Crippen LogP contribution in [-0.4, -0.2) is 50.8 Å². The minimum atomic E-state index is 0.347. The van der Waals surface area contributed by atoms with Gasteiger partial charge in [-0.3, -0.25) is 0 Å². The molecular weight excluding hydrogens is 248 g/mol. The van der Waals surface area contributed by atoms with Gasteiger partial charge in [0.2, 0.25) is 0 Å². The Labute approximate surface area is 126 Å². The molecule has 1 atom stereocenters. The summed E-state index contributed by atoms with van der Waals surface area (Å²) in [5, 5.41) is 3.85. The predicted molar refractivity (Wildman–Crippen MR) is 87.3 cm³/mol. The van der Waals surface area contributed by atoms with Crippen LogP contribution in [0.5, 0.6) is 0 Å². The van der Waals surface area contributed by atoms with E-state index in [2.05, 4.69) is 31.2 Å². The van der Waals surface area contributed by atoms with Crippen LogP contribution in [0.2, 0.25) is 0 Å². The number of hydrogen-bond donors (Lipinski definition) is 1. The van der Waals surface area contributed by atoms with Crippen LogP contribution in [-0.2, 0) is 4.74 Å². The summed E-state index contributed by atoms with van der Waals surface area (Å²) >= 11 is 0. The SMILES string of the molecule is CCCNC(CCCOC)C1(N(C)C)CCCCCC1. The van der Waals surface area contributed by atoms with E-state index in [0.29, 0.717) is 11.6 Å². The Morgan fingerprint density at radius 3 is 2.30 bits per heavy atom. The molecule has 0 heterocycles. The van der Waals surface area contributed by atoms with Crippen molar-refractivity contribution in [3.05, 3.63) is 0 Å². The molecule has 20 heavy (non-hydrogen) atoms. The smallest absolute Gasteiger partial charge is 0.0462 e. The van der Waals surface area contributed by atoms with Gasteiger partial charge in [0.15, 0.2) is 0 Å². The zero-order chi connectivity index (χ0) is 14.8. The lowest BCUT2D eigenvalue weighted by molar-refractivity contribution is 0.0706. The lowest BCUT2D eigenvalue weighted by Gasteiger charge is -2.46. The van der Waals surface area contributed by atoms with Gasteiger partial charge in [-0.05, 0) is 52.7 Å². The second-order valence-corrected chi connectivity index (χ2v) is 6.55. The van der Waals surface area contributed by atoms with E-state index in [4.69, 9.17) is 4.74 Å². The zero-order valence-electron chi connectivity index (χ0n) is 14.2. The monoisotopic (exact) mass is 284 g/mol. The van der Waals surface area contributed by atoms with Crippen molar-refractivity contribution in [2.45, 2.75) is 76.3 Å². The van der Waals surface area contributed by atoms with Crippen molar-refractivity contribution >= 4 is 0 Å². The van der Waals surface area contributed by atoms with Crippen molar-refractivity contribution in [2.24, 2.45) is 0 Å². The molecule has 0 radical (unpaired) electrons. The Bertz CT molecular complexity index is 235. The summed E-state index contributed by atoms with van der Waals surface area (Å²) in [5.74, 6) is 0. The van der Waals surface area contributed by atoms with E-state index in [9.17, 15) is 0 Å². The number of rotatable bonds is 9. The molecule has 1 rings (SSSR count). The first-order chi connectivity index (χ1) is 9.67. The maximum atomic E-state index is 5.26. The number of nitrogens with zero attached hydrogens (tertiary/aromatic N) is 1. The minimum Gasteiger partial charge on any atom is -0.385 e. The van der Waals surface area contributed by atoms with E-state index < -0.39 is 0 Å². The van der Waals surface area contributed by atoms with Gasteiger partial charge in [0.05, 0.1) is 0 Å². The average Bonchev–Trinajstić information content (AvgIpc) is 2.69. The molecule has 1 aliphatic rings. The normalized spacial score (nSPS) is 20.9. The Kier molecular flexibility index (Phi) is 8.74. The van der Waals surface area contributed by atoms with Crippen molar-refractivity contribution in [3.8, 4) is 0 Å². The molecule has 1 fully saturated rings. The van der Waals surface area contributed by atoms with Gasteiger partial charge in [0, 0.05) is 25.3 Å². The molecule has 0 aromatic rings. The molecule has 0 spiro atoms.